The molecule has 0 bridgehead atoms. The Morgan fingerprint density at radius 2 is 1.79 bits per heavy atom. The number of thiophene rings is 1. The number of nitrogens with zero attached hydrogens (tertiary/aromatic N) is 3. The summed E-state index contributed by atoms with van der Waals surface area (Å²) in [5, 5.41) is 6.06. The molecule has 29 heavy (non-hydrogen) atoms. The molecule has 4 rings (SSSR count). The van der Waals surface area contributed by atoms with Gasteiger partial charge in [-0.15, -0.1) is 11.3 Å². The molecule has 9 heteroatoms. The molecule has 4 nitrogen and oxygen atoms in total. The molecular weight excluding hydrogens is 406 g/mol. The number of carbonyl (C=O) groups excluding carboxylic acids is 1. The number of halogens is 4. The number of imidazole rings is 1. The van der Waals surface area contributed by atoms with Gasteiger partial charge < -0.3 is 0 Å². The molecule has 0 saturated carbocycles. The summed E-state index contributed by atoms with van der Waals surface area (Å²) in [4.78, 5) is 16.6. The van der Waals surface area contributed by atoms with E-state index in [0.717, 1.165) is 22.5 Å². The van der Waals surface area contributed by atoms with E-state index in [9.17, 15) is 22.4 Å². The van der Waals surface area contributed by atoms with Gasteiger partial charge in [-0.1, -0.05) is 12.1 Å². The highest BCUT2D eigenvalue weighted by molar-refractivity contribution is 7.12. The van der Waals surface area contributed by atoms with E-state index in [2.05, 4.69) is 10.1 Å². The van der Waals surface area contributed by atoms with Crippen molar-refractivity contribution in [2.75, 3.05) is 0 Å². The monoisotopic (exact) mass is 419 g/mol. The Morgan fingerprint density at radius 1 is 1.03 bits per heavy atom. The largest absolute Gasteiger partial charge is 0.389 e. The third-order valence-corrected chi connectivity index (χ3v) is 5.32. The highest BCUT2D eigenvalue weighted by Gasteiger charge is 2.28. The molecule has 0 aliphatic rings. The minimum atomic E-state index is -4.36. The molecule has 0 saturated heterocycles. The Bertz CT molecular complexity index is 1180. The third-order valence-electron chi connectivity index (χ3n) is 4.34. The van der Waals surface area contributed by atoms with Crippen LogP contribution in [0.15, 0.2) is 54.2 Å². The molecule has 0 aliphatic heterocycles. The SMILES string of the molecule is O=C(CCC(F)(F)F)c1cc(-c2cnc3cc(-c4ccc(F)cc4)cnn23)cs1. The van der Waals surface area contributed by atoms with Gasteiger partial charge in [0.1, 0.15) is 5.82 Å². The van der Waals surface area contributed by atoms with Crippen molar-refractivity contribution >= 4 is 22.8 Å². The van der Waals surface area contributed by atoms with Crippen LogP contribution in [0.1, 0.15) is 22.5 Å². The smallest absolute Gasteiger partial charge is 0.293 e. The molecular formula is C20H13F4N3OS. The highest BCUT2D eigenvalue weighted by atomic mass is 32.1. The first-order chi connectivity index (χ1) is 13.8. The molecule has 0 radical (unpaired) electrons. The molecule has 0 atom stereocenters. The standard InChI is InChI=1S/C20H13F4N3OS/c21-15-3-1-12(2-4-15)13-8-19-25-10-16(27(19)26-9-13)14-7-18(29-11-14)17(28)5-6-20(22,23)24/h1-4,7-11H,5-6H2. The molecule has 148 valence electrons. The van der Waals surface area contributed by atoms with E-state index < -0.39 is 24.8 Å². The summed E-state index contributed by atoms with van der Waals surface area (Å²) in [6.07, 6.45) is -2.86. The van der Waals surface area contributed by atoms with Crippen LogP contribution in [0.5, 0.6) is 0 Å². The number of Topliss-reactive ketones (excluding diaryl/α,β-unsaturated/α-hetero) is 1. The number of benzene rings is 1. The van der Waals surface area contributed by atoms with Crippen molar-refractivity contribution in [2.45, 2.75) is 19.0 Å². The summed E-state index contributed by atoms with van der Waals surface area (Å²) >= 11 is 1.10. The molecule has 0 spiro atoms. The van der Waals surface area contributed by atoms with Gasteiger partial charge in [0.25, 0.3) is 0 Å². The first-order valence-corrected chi connectivity index (χ1v) is 9.47. The van der Waals surface area contributed by atoms with Gasteiger partial charge >= 0.3 is 6.18 Å². The van der Waals surface area contributed by atoms with Gasteiger partial charge in [0.2, 0.25) is 0 Å². The van der Waals surface area contributed by atoms with Crippen LogP contribution in [-0.2, 0) is 0 Å². The lowest BCUT2D eigenvalue weighted by Crippen LogP contribution is -2.10. The number of alkyl halides is 3. The Balaban J connectivity index is 1.60. The summed E-state index contributed by atoms with van der Waals surface area (Å²) in [6.45, 7) is 0. The fourth-order valence-corrected chi connectivity index (χ4v) is 3.74. The second kappa shape index (κ2) is 7.40. The van der Waals surface area contributed by atoms with Crippen LogP contribution in [0, 0.1) is 5.82 Å². The minimum Gasteiger partial charge on any atom is -0.293 e. The van der Waals surface area contributed by atoms with Crippen LogP contribution in [0.4, 0.5) is 17.6 Å². The first-order valence-electron chi connectivity index (χ1n) is 8.59. The van der Waals surface area contributed by atoms with E-state index >= 15 is 0 Å². The van der Waals surface area contributed by atoms with Crippen molar-refractivity contribution in [3.63, 3.8) is 0 Å². The van der Waals surface area contributed by atoms with Gasteiger partial charge in [0.15, 0.2) is 11.4 Å². The average Bonchev–Trinajstić information content (AvgIpc) is 3.32. The molecule has 3 heterocycles. The lowest BCUT2D eigenvalue weighted by molar-refractivity contribution is -0.133. The second-order valence-corrected chi connectivity index (χ2v) is 7.31. The van der Waals surface area contributed by atoms with E-state index in [1.165, 1.54) is 12.1 Å². The molecule has 1 aromatic carbocycles. The van der Waals surface area contributed by atoms with E-state index in [0.29, 0.717) is 16.9 Å². The summed E-state index contributed by atoms with van der Waals surface area (Å²) in [6, 6.07) is 9.36. The van der Waals surface area contributed by atoms with Crippen LogP contribution >= 0.6 is 11.3 Å². The molecule has 0 unspecified atom stereocenters. The summed E-state index contributed by atoms with van der Waals surface area (Å²) in [7, 11) is 0. The first kappa shape index (κ1) is 19.3. The molecule has 0 fully saturated rings. The third kappa shape index (κ3) is 4.19. The predicted molar refractivity (Wildman–Crippen MR) is 101 cm³/mol. The van der Waals surface area contributed by atoms with Gasteiger partial charge in [-0.3, -0.25) is 4.79 Å². The zero-order valence-corrected chi connectivity index (χ0v) is 15.6. The number of fused-ring (bicyclic) bond motifs is 1. The van der Waals surface area contributed by atoms with Gasteiger partial charge in [0, 0.05) is 22.9 Å². The number of carbonyl (C=O) groups is 1. The van der Waals surface area contributed by atoms with E-state index in [-0.39, 0.29) is 10.7 Å². The van der Waals surface area contributed by atoms with E-state index in [1.807, 2.05) is 0 Å². The van der Waals surface area contributed by atoms with Crippen LogP contribution < -0.4 is 0 Å². The number of hydrogen-bond donors (Lipinski definition) is 0. The van der Waals surface area contributed by atoms with Crippen molar-refractivity contribution < 1.29 is 22.4 Å². The van der Waals surface area contributed by atoms with Gasteiger partial charge in [-0.25, -0.2) is 13.9 Å². The molecule has 0 N–H and O–H groups in total. The Kier molecular flexibility index (Phi) is 4.91. The normalized spacial score (nSPS) is 11.9. The van der Waals surface area contributed by atoms with Crippen LogP contribution in [0.3, 0.4) is 0 Å². The Labute approximate surface area is 166 Å². The number of ketones is 1. The fourth-order valence-electron chi connectivity index (χ4n) is 2.87. The summed E-state index contributed by atoms with van der Waals surface area (Å²) in [5.41, 5.74) is 3.39. The van der Waals surface area contributed by atoms with Crippen molar-refractivity contribution in [3.8, 4) is 22.4 Å². The molecule has 0 amide bonds. The summed E-state index contributed by atoms with van der Waals surface area (Å²) in [5.74, 6) is -0.872. The van der Waals surface area contributed by atoms with Crippen molar-refractivity contribution in [3.05, 3.63) is 64.9 Å². The van der Waals surface area contributed by atoms with Crippen LogP contribution in [0.2, 0.25) is 0 Å². The summed E-state index contributed by atoms with van der Waals surface area (Å²) < 4.78 is 51.7. The lowest BCUT2D eigenvalue weighted by Gasteiger charge is -2.04. The Hall–Kier alpha value is -3.07. The maximum Gasteiger partial charge on any atom is 0.389 e. The zero-order chi connectivity index (χ0) is 20.6. The van der Waals surface area contributed by atoms with Crippen LogP contribution in [-0.4, -0.2) is 26.6 Å². The molecule has 3 aromatic heterocycles. The van der Waals surface area contributed by atoms with Crippen molar-refractivity contribution in [1.82, 2.24) is 14.6 Å². The van der Waals surface area contributed by atoms with Gasteiger partial charge in [-0.2, -0.15) is 18.3 Å². The molecule has 0 aliphatic carbocycles. The van der Waals surface area contributed by atoms with Crippen molar-refractivity contribution in [2.24, 2.45) is 0 Å². The minimum absolute atomic E-state index is 0.266. The van der Waals surface area contributed by atoms with E-state index in [1.54, 1.807) is 46.6 Å². The molecule has 4 aromatic rings. The van der Waals surface area contributed by atoms with Gasteiger partial charge in [-0.05, 0) is 29.8 Å². The van der Waals surface area contributed by atoms with Gasteiger partial charge in [0.05, 0.1) is 29.4 Å². The maximum atomic E-state index is 13.1. The predicted octanol–water partition coefficient (Wildman–Crippen LogP) is 5.79. The van der Waals surface area contributed by atoms with Crippen molar-refractivity contribution in [1.29, 1.82) is 0 Å². The topological polar surface area (TPSA) is 47.3 Å². The van der Waals surface area contributed by atoms with Crippen LogP contribution in [0.25, 0.3) is 28.0 Å². The zero-order valence-electron chi connectivity index (χ0n) is 14.8. The maximum absolute atomic E-state index is 13.1. The number of hydrogen-bond acceptors (Lipinski definition) is 4. The number of rotatable bonds is 5. The lowest BCUT2D eigenvalue weighted by atomic mass is 10.1. The fraction of sp³-hybridized carbons (Fsp3) is 0.150. The quantitative estimate of drug-likeness (QED) is 0.304. The number of aromatic nitrogens is 3. The second-order valence-electron chi connectivity index (χ2n) is 6.40. The van der Waals surface area contributed by atoms with E-state index in [4.69, 9.17) is 0 Å². The average molecular weight is 419 g/mol. The highest BCUT2D eigenvalue weighted by Crippen LogP contribution is 2.29. The Morgan fingerprint density at radius 3 is 2.52 bits per heavy atom.